The monoisotopic (exact) mass is 475 g/mol. The highest BCUT2D eigenvalue weighted by molar-refractivity contribution is 14.0. The van der Waals surface area contributed by atoms with Crippen molar-refractivity contribution in [2.24, 2.45) is 4.99 Å². The number of aliphatic imine (C=N–C) groups is 1. The largest absolute Gasteiger partial charge is 0.496 e. The van der Waals surface area contributed by atoms with Crippen LogP contribution in [0, 0.1) is 0 Å². The molecular weight excluding hydrogens is 449 g/mol. The molecule has 8 heteroatoms. The molecule has 0 saturated carbocycles. The van der Waals surface area contributed by atoms with Crippen LogP contribution in [0.1, 0.15) is 11.3 Å². The van der Waals surface area contributed by atoms with Gasteiger partial charge < -0.3 is 29.3 Å². The quantitative estimate of drug-likeness (QED) is 0.348. The van der Waals surface area contributed by atoms with E-state index in [0.29, 0.717) is 36.3 Å². The lowest BCUT2D eigenvalue weighted by molar-refractivity contribution is 0.368. The predicted octanol–water partition coefficient (Wildman–Crippen LogP) is 2.83. The summed E-state index contributed by atoms with van der Waals surface area (Å²) in [6.45, 7) is 1.21. The topological polar surface area (TPSA) is 77.3 Å². The number of nitrogens with one attached hydrogen (secondary N) is 2. The number of ether oxygens (including phenoxy) is 3. The van der Waals surface area contributed by atoms with E-state index in [0.717, 1.165) is 17.7 Å². The number of hydrogen-bond donors (Lipinski definition) is 2. The lowest BCUT2D eigenvalue weighted by Gasteiger charge is -2.17. The molecule has 0 bridgehead atoms. The SMILES string of the molecule is CN=C(NCCc1ccco1)NCc1c(OC)cc(OC)cc1OC.I. The van der Waals surface area contributed by atoms with Crippen LogP contribution in [0.2, 0.25) is 0 Å². The Kier molecular flexibility index (Phi) is 9.71. The lowest BCUT2D eigenvalue weighted by atomic mass is 10.1. The van der Waals surface area contributed by atoms with Gasteiger partial charge in [-0.15, -0.1) is 24.0 Å². The Morgan fingerprint density at radius 2 is 1.77 bits per heavy atom. The Bertz CT molecular complexity index is 665. The van der Waals surface area contributed by atoms with Crippen LogP contribution in [0.4, 0.5) is 0 Å². The summed E-state index contributed by atoms with van der Waals surface area (Å²) < 4.78 is 21.5. The Hall–Kier alpha value is -2.10. The summed E-state index contributed by atoms with van der Waals surface area (Å²) in [5, 5.41) is 6.51. The third-order valence-corrected chi connectivity index (χ3v) is 3.72. The van der Waals surface area contributed by atoms with Crippen LogP contribution in [0.25, 0.3) is 0 Å². The number of halogens is 1. The van der Waals surface area contributed by atoms with Crippen molar-refractivity contribution in [1.82, 2.24) is 10.6 Å². The lowest BCUT2D eigenvalue weighted by Crippen LogP contribution is -2.38. The van der Waals surface area contributed by atoms with Gasteiger partial charge >= 0.3 is 0 Å². The van der Waals surface area contributed by atoms with E-state index in [1.54, 1.807) is 34.6 Å². The molecule has 1 aromatic carbocycles. The number of benzene rings is 1. The molecule has 0 fully saturated rings. The molecule has 7 nitrogen and oxygen atoms in total. The van der Waals surface area contributed by atoms with E-state index in [4.69, 9.17) is 18.6 Å². The summed E-state index contributed by atoms with van der Waals surface area (Å²) in [5.41, 5.74) is 0.889. The van der Waals surface area contributed by atoms with Crippen molar-refractivity contribution >= 4 is 29.9 Å². The van der Waals surface area contributed by atoms with Crippen LogP contribution in [-0.2, 0) is 13.0 Å². The average Bonchev–Trinajstić information content (AvgIpc) is 3.17. The molecule has 1 heterocycles. The van der Waals surface area contributed by atoms with Crippen LogP contribution in [0.5, 0.6) is 17.2 Å². The predicted molar refractivity (Wildman–Crippen MR) is 112 cm³/mol. The molecule has 0 aliphatic carbocycles. The van der Waals surface area contributed by atoms with Gasteiger partial charge in [-0.05, 0) is 12.1 Å². The fourth-order valence-corrected chi connectivity index (χ4v) is 2.40. The number of rotatable bonds is 8. The van der Waals surface area contributed by atoms with Gasteiger partial charge in [-0.2, -0.15) is 0 Å². The molecule has 0 aliphatic rings. The Morgan fingerprint density at radius 1 is 1.08 bits per heavy atom. The van der Waals surface area contributed by atoms with Gasteiger partial charge in [0.25, 0.3) is 0 Å². The van der Waals surface area contributed by atoms with Crippen LogP contribution in [0.3, 0.4) is 0 Å². The second-order valence-electron chi connectivity index (χ2n) is 5.19. The van der Waals surface area contributed by atoms with Crippen LogP contribution >= 0.6 is 24.0 Å². The molecule has 0 saturated heterocycles. The number of hydrogen-bond acceptors (Lipinski definition) is 5. The van der Waals surface area contributed by atoms with Crippen molar-refractivity contribution in [3.8, 4) is 17.2 Å². The molecule has 0 atom stereocenters. The molecule has 0 unspecified atom stereocenters. The van der Waals surface area contributed by atoms with Gasteiger partial charge in [-0.1, -0.05) is 0 Å². The number of nitrogens with zero attached hydrogens (tertiary/aromatic N) is 1. The highest BCUT2D eigenvalue weighted by Gasteiger charge is 2.13. The van der Waals surface area contributed by atoms with Crippen LogP contribution < -0.4 is 24.8 Å². The first-order chi connectivity index (χ1) is 12.2. The zero-order valence-corrected chi connectivity index (χ0v) is 17.8. The summed E-state index contributed by atoms with van der Waals surface area (Å²) in [6.07, 6.45) is 2.45. The van der Waals surface area contributed by atoms with Gasteiger partial charge in [0.2, 0.25) is 0 Å². The number of guanidine groups is 1. The fraction of sp³-hybridized carbons (Fsp3) is 0.389. The summed E-state index contributed by atoms with van der Waals surface area (Å²) in [4.78, 5) is 4.22. The van der Waals surface area contributed by atoms with Gasteiger partial charge in [-0.25, -0.2) is 0 Å². The first-order valence-electron chi connectivity index (χ1n) is 7.97. The van der Waals surface area contributed by atoms with Crippen molar-refractivity contribution < 1.29 is 18.6 Å². The van der Waals surface area contributed by atoms with E-state index >= 15 is 0 Å². The summed E-state index contributed by atoms with van der Waals surface area (Å²) in [6, 6.07) is 7.48. The second kappa shape index (κ2) is 11.5. The minimum absolute atomic E-state index is 0. The number of methoxy groups -OCH3 is 3. The van der Waals surface area contributed by atoms with Crippen molar-refractivity contribution in [2.45, 2.75) is 13.0 Å². The molecule has 2 rings (SSSR count). The zero-order chi connectivity index (χ0) is 18.1. The number of furan rings is 1. The molecule has 2 aromatic rings. The summed E-state index contributed by atoms with van der Waals surface area (Å²) >= 11 is 0. The van der Waals surface area contributed by atoms with Gasteiger partial charge in [0.05, 0.1) is 39.7 Å². The molecule has 144 valence electrons. The van der Waals surface area contributed by atoms with E-state index < -0.39 is 0 Å². The zero-order valence-electron chi connectivity index (χ0n) is 15.5. The van der Waals surface area contributed by atoms with Gasteiger partial charge in [0.15, 0.2) is 5.96 Å². The Balaban J connectivity index is 0.00000338. The molecule has 0 spiro atoms. The van der Waals surface area contributed by atoms with E-state index in [2.05, 4.69) is 15.6 Å². The first-order valence-corrected chi connectivity index (χ1v) is 7.97. The highest BCUT2D eigenvalue weighted by Crippen LogP contribution is 2.33. The van der Waals surface area contributed by atoms with Gasteiger partial charge in [-0.3, -0.25) is 4.99 Å². The van der Waals surface area contributed by atoms with E-state index in [1.807, 2.05) is 24.3 Å². The smallest absolute Gasteiger partial charge is 0.191 e. The van der Waals surface area contributed by atoms with Crippen molar-refractivity contribution in [3.05, 3.63) is 41.9 Å². The van der Waals surface area contributed by atoms with Crippen molar-refractivity contribution in [2.75, 3.05) is 34.9 Å². The van der Waals surface area contributed by atoms with Crippen LogP contribution in [-0.4, -0.2) is 40.9 Å². The summed E-state index contributed by atoms with van der Waals surface area (Å²) in [5.74, 6) is 3.68. The van der Waals surface area contributed by atoms with Crippen molar-refractivity contribution in [1.29, 1.82) is 0 Å². The third kappa shape index (κ3) is 6.01. The third-order valence-electron chi connectivity index (χ3n) is 3.72. The maximum absolute atomic E-state index is 5.45. The minimum Gasteiger partial charge on any atom is -0.496 e. The normalized spacial score (nSPS) is 10.7. The molecule has 0 aliphatic heterocycles. The van der Waals surface area contributed by atoms with E-state index in [-0.39, 0.29) is 24.0 Å². The second-order valence-corrected chi connectivity index (χ2v) is 5.19. The fourth-order valence-electron chi connectivity index (χ4n) is 2.40. The van der Waals surface area contributed by atoms with Gasteiger partial charge in [0, 0.05) is 32.1 Å². The molecule has 0 radical (unpaired) electrons. The molecule has 0 amide bonds. The molecule has 26 heavy (non-hydrogen) atoms. The van der Waals surface area contributed by atoms with Crippen LogP contribution in [0.15, 0.2) is 39.9 Å². The maximum atomic E-state index is 5.45. The Morgan fingerprint density at radius 3 is 2.27 bits per heavy atom. The standard InChI is InChI=1S/C18H25N3O4.HI/c1-19-18(20-8-7-13-6-5-9-25-13)21-12-15-16(23-3)10-14(22-2)11-17(15)24-4;/h5-6,9-11H,7-8,12H2,1-4H3,(H2,19,20,21);1H. The maximum Gasteiger partial charge on any atom is 0.191 e. The summed E-state index contributed by atoms with van der Waals surface area (Å²) in [7, 11) is 6.57. The van der Waals surface area contributed by atoms with E-state index in [9.17, 15) is 0 Å². The minimum atomic E-state index is 0. The van der Waals surface area contributed by atoms with Crippen molar-refractivity contribution in [3.63, 3.8) is 0 Å². The van der Waals surface area contributed by atoms with Gasteiger partial charge in [0.1, 0.15) is 23.0 Å². The highest BCUT2D eigenvalue weighted by atomic mass is 127. The Labute approximate surface area is 171 Å². The average molecular weight is 475 g/mol. The van der Waals surface area contributed by atoms with E-state index in [1.165, 1.54) is 0 Å². The molecule has 1 aromatic heterocycles. The molecule has 2 N–H and O–H groups in total. The first kappa shape index (κ1) is 21.9. The molecular formula is C18H26IN3O4.